The third-order valence-electron chi connectivity index (χ3n) is 3.33. The minimum Gasteiger partial charge on any atom is -0.478 e. The van der Waals surface area contributed by atoms with E-state index in [0.29, 0.717) is 5.56 Å². The molecule has 4 nitrogen and oxygen atoms in total. The number of unbranched alkanes of at least 4 members (excludes halogenated alkanes) is 2. The van der Waals surface area contributed by atoms with Crippen molar-refractivity contribution in [3.8, 4) is 0 Å². The molecule has 1 N–H and O–H groups in total. The predicted octanol–water partition coefficient (Wildman–Crippen LogP) is 3.78. The molecule has 1 aromatic rings. The molecule has 1 aliphatic heterocycles. The van der Waals surface area contributed by atoms with E-state index < -0.39 is 5.97 Å². The maximum atomic E-state index is 10.8. The van der Waals surface area contributed by atoms with Crippen LogP contribution in [-0.4, -0.2) is 16.8 Å². The van der Waals surface area contributed by atoms with E-state index in [9.17, 15) is 4.79 Å². The third-order valence-corrected chi connectivity index (χ3v) is 3.33. The van der Waals surface area contributed by atoms with Crippen molar-refractivity contribution in [2.75, 3.05) is 0 Å². The van der Waals surface area contributed by atoms with Gasteiger partial charge in [0.2, 0.25) is 0 Å². The number of aromatic carboxylic acids is 1. The van der Waals surface area contributed by atoms with Gasteiger partial charge in [-0.2, -0.15) is 0 Å². The Labute approximate surface area is 113 Å². The summed E-state index contributed by atoms with van der Waals surface area (Å²) in [5.74, 6) is -0.907. The zero-order valence-electron chi connectivity index (χ0n) is 11.1. The average Bonchev–Trinajstić information content (AvgIpc) is 2.88. The van der Waals surface area contributed by atoms with Crippen molar-refractivity contribution >= 4 is 11.7 Å². The first-order valence-corrected chi connectivity index (χ1v) is 6.75. The maximum absolute atomic E-state index is 10.8. The number of hydrogen-bond donors (Lipinski definition) is 1. The number of benzene rings is 1. The summed E-state index contributed by atoms with van der Waals surface area (Å²) in [6, 6.07) is 6.82. The van der Waals surface area contributed by atoms with Gasteiger partial charge in [-0.05, 0) is 30.5 Å². The van der Waals surface area contributed by atoms with E-state index in [2.05, 4.69) is 12.1 Å². The highest BCUT2D eigenvalue weighted by atomic mass is 16.6. The van der Waals surface area contributed by atoms with Gasteiger partial charge in [-0.15, -0.1) is 0 Å². The lowest BCUT2D eigenvalue weighted by molar-refractivity contribution is 0.0695. The van der Waals surface area contributed by atoms with Gasteiger partial charge in [-0.25, -0.2) is 4.79 Å². The van der Waals surface area contributed by atoms with E-state index in [1.54, 1.807) is 24.3 Å². The fourth-order valence-electron chi connectivity index (χ4n) is 2.17. The monoisotopic (exact) mass is 261 g/mol. The SMILES string of the molecule is CCCCCC1=NO[C@H](c2ccc(C(=O)O)cc2)C1. The molecule has 0 radical (unpaired) electrons. The van der Waals surface area contributed by atoms with Gasteiger partial charge in [0.1, 0.15) is 0 Å². The first-order valence-electron chi connectivity index (χ1n) is 6.75. The molecule has 1 aliphatic rings. The Morgan fingerprint density at radius 2 is 2.11 bits per heavy atom. The molecule has 0 spiro atoms. The largest absolute Gasteiger partial charge is 0.478 e. The number of carboxylic acid groups (broad SMARTS) is 1. The van der Waals surface area contributed by atoms with Crippen LogP contribution >= 0.6 is 0 Å². The zero-order valence-corrected chi connectivity index (χ0v) is 11.1. The van der Waals surface area contributed by atoms with Crippen molar-refractivity contribution < 1.29 is 14.7 Å². The maximum Gasteiger partial charge on any atom is 0.335 e. The number of carboxylic acids is 1. The van der Waals surface area contributed by atoms with Crippen molar-refractivity contribution in [3.63, 3.8) is 0 Å². The second kappa shape index (κ2) is 6.36. The Hall–Kier alpha value is -1.84. The van der Waals surface area contributed by atoms with Crippen LogP contribution in [0.15, 0.2) is 29.4 Å². The van der Waals surface area contributed by atoms with Crippen molar-refractivity contribution in [1.82, 2.24) is 0 Å². The van der Waals surface area contributed by atoms with Crippen molar-refractivity contribution in [2.24, 2.45) is 5.16 Å². The molecule has 0 saturated heterocycles. The van der Waals surface area contributed by atoms with Crippen LogP contribution in [0, 0.1) is 0 Å². The molecule has 0 aliphatic carbocycles. The summed E-state index contributed by atoms with van der Waals surface area (Å²) in [4.78, 5) is 16.2. The van der Waals surface area contributed by atoms with Gasteiger partial charge in [-0.1, -0.05) is 37.1 Å². The first-order chi connectivity index (χ1) is 9.20. The van der Waals surface area contributed by atoms with Crippen molar-refractivity contribution in [3.05, 3.63) is 35.4 Å². The Bertz CT molecular complexity index is 465. The van der Waals surface area contributed by atoms with E-state index >= 15 is 0 Å². The molecule has 19 heavy (non-hydrogen) atoms. The standard InChI is InChI=1S/C15H19NO3/c1-2-3-4-5-13-10-14(19-16-13)11-6-8-12(9-7-11)15(17)18/h6-9,14H,2-5,10H2,1H3,(H,17,18)/t14-/m0/s1. The number of carbonyl (C=O) groups is 1. The molecule has 102 valence electrons. The highest BCUT2D eigenvalue weighted by Crippen LogP contribution is 2.28. The molecule has 1 heterocycles. The quantitative estimate of drug-likeness (QED) is 0.793. The molecule has 0 fully saturated rings. The molecule has 1 atom stereocenters. The van der Waals surface area contributed by atoms with E-state index in [0.717, 1.165) is 30.5 Å². The second-order valence-corrected chi connectivity index (χ2v) is 4.84. The van der Waals surface area contributed by atoms with Gasteiger partial charge < -0.3 is 9.94 Å². The molecule has 1 aromatic carbocycles. The minimum atomic E-state index is -0.907. The summed E-state index contributed by atoms with van der Waals surface area (Å²) >= 11 is 0. The predicted molar refractivity (Wildman–Crippen MR) is 73.4 cm³/mol. The Kier molecular flexibility index (Phi) is 4.55. The lowest BCUT2D eigenvalue weighted by atomic mass is 10.0. The van der Waals surface area contributed by atoms with Crippen LogP contribution in [0.2, 0.25) is 0 Å². The lowest BCUT2D eigenvalue weighted by Gasteiger charge is -2.08. The topological polar surface area (TPSA) is 58.9 Å². The summed E-state index contributed by atoms with van der Waals surface area (Å²) in [6.07, 6.45) is 5.34. The Balaban J connectivity index is 1.89. The van der Waals surface area contributed by atoms with Gasteiger partial charge in [0.05, 0.1) is 11.3 Å². The van der Waals surface area contributed by atoms with Gasteiger partial charge in [0.15, 0.2) is 6.10 Å². The van der Waals surface area contributed by atoms with Gasteiger partial charge >= 0.3 is 5.97 Å². The highest BCUT2D eigenvalue weighted by Gasteiger charge is 2.22. The normalized spacial score (nSPS) is 17.9. The molecule has 0 unspecified atom stereocenters. The van der Waals surface area contributed by atoms with Crippen LogP contribution in [0.25, 0.3) is 0 Å². The average molecular weight is 261 g/mol. The van der Waals surface area contributed by atoms with Gasteiger partial charge in [0.25, 0.3) is 0 Å². The summed E-state index contributed by atoms with van der Waals surface area (Å²) in [5.41, 5.74) is 2.39. The van der Waals surface area contributed by atoms with E-state index in [4.69, 9.17) is 9.94 Å². The molecule has 0 saturated carbocycles. The number of hydrogen-bond acceptors (Lipinski definition) is 3. The fourth-order valence-corrected chi connectivity index (χ4v) is 2.17. The number of oxime groups is 1. The number of rotatable bonds is 6. The molecule has 2 rings (SSSR count). The van der Waals surface area contributed by atoms with Crippen LogP contribution < -0.4 is 0 Å². The van der Waals surface area contributed by atoms with Crippen molar-refractivity contribution in [1.29, 1.82) is 0 Å². The molecule has 0 amide bonds. The Morgan fingerprint density at radius 1 is 1.37 bits per heavy atom. The van der Waals surface area contributed by atoms with Gasteiger partial charge in [-0.3, -0.25) is 0 Å². The van der Waals surface area contributed by atoms with Crippen LogP contribution in [0.3, 0.4) is 0 Å². The molecule has 4 heteroatoms. The summed E-state index contributed by atoms with van der Waals surface area (Å²) in [7, 11) is 0. The Morgan fingerprint density at radius 3 is 2.74 bits per heavy atom. The van der Waals surface area contributed by atoms with E-state index in [1.165, 1.54) is 12.8 Å². The smallest absolute Gasteiger partial charge is 0.335 e. The fraction of sp³-hybridized carbons (Fsp3) is 0.467. The zero-order chi connectivity index (χ0) is 13.7. The van der Waals surface area contributed by atoms with Crippen LogP contribution in [0.4, 0.5) is 0 Å². The van der Waals surface area contributed by atoms with Crippen molar-refractivity contribution in [2.45, 2.75) is 45.1 Å². The van der Waals surface area contributed by atoms with Gasteiger partial charge in [0, 0.05) is 6.42 Å². The molecular weight excluding hydrogens is 242 g/mol. The van der Waals surface area contributed by atoms with E-state index in [-0.39, 0.29) is 6.10 Å². The summed E-state index contributed by atoms with van der Waals surface area (Å²) < 4.78 is 0. The minimum absolute atomic E-state index is 0.0560. The third kappa shape index (κ3) is 3.56. The molecular formula is C15H19NO3. The van der Waals surface area contributed by atoms with Crippen LogP contribution in [-0.2, 0) is 4.84 Å². The van der Waals surface area contributed by atoms with Crippen LogP contribution in [0.1, 0.15) is 61.1 Å². The second-order valence-electron chi connectivity index (χ2n) is 4.84. The molecule has 0 aromatic heterocycles. The lowest BCUT2D eigenvalue weighted by Crippen LogP contribution is -2.02. The van der Waals surface area contributed by atoms with Crippen LogP contribution in [0.5, 0.6) is 0 Å². The summed E-state index contributed by atoms with van der Waals surface area (Å²) in [6.45, 7) is 2.18. The first kappa shape index (κ1) is 13.6. The number of nitrogens with zero attached hydrogens (tertiary/aromatic N) is 1. The molecule has 0 bridgehead atoms. The van der Waals surface area contributed by atoms with E-state index in [1.807, 2.05) is 0 Å². The summed E-state index contributed by atoms with van der Waals surface area (Å²) in [5, 5.41) is 13.0. The highest BCUT2D eigenvalue weighted by molar-refractivity contribution is 5.88.